The molecule has 0 aliphatic rings. The van der Waals surface area contributed by atoms with Crippen molar-refractivity contribution < 1.29 is 13.2 Å². The maximum Gasteiger partial charge on any atom is 0.236 e. The first kappa shape index (κ1) is 21.2. The molecule has 2 aromatic heterocycles. The number of amides is 1. The molecule has 0 saturated carbocycles. The molecule has 29 heavy (non-hydrogen) atoms. The molecule has 0 fully saturated rings. The smallest absolute Gasteiger partial charge is 0.236 e. The molecule has 10 nitrogen and oxygen atoms in total. The van der Waals surface area contributed by atoms with E-state index >= 15 is 0 Å². The lowest BCUT2D eigenvalue weighted by Gasteiger charge is -2.12. The van der Waals surface area contributed by atoms with Gasteiger partial charge in [-0.25, -0.2) is 8.42 Å². The number of carbonyl (C=O) groups excluding carboxylic acids is 1. The minimum Gasteiger partial charge on any atom is -0.300 e. The Kier molecular flexibility index (Phi) is 6.19. The van der Waals surface area contributed by atoms with Gasteiger partial charge in [0.15, 0.2) is 5.16 Å². The van der Waals surface area contributed by atoms with Crippen LogP contribution in [0.3, 0.4) is 0 Å². The van der Waals surface area contributed by atoms with E-state index in [4.69, 9.17) is 0 Å². The van der Waals surface area contributed by atoms with Gasteiger partial charge in [-0.1, -0.05) is 35.2 Å². The summed E-state index contributed by atoms with van der Waals surface area (Å²) in [7, 11) is -3.45. The molecule has 0 saturated heterocycles. The Morgan fingerprint density at radius 3 is 2.59 bits per heavy atom. The lowest BCUT2D eigenvalue weighted by molar-refractivity contribution is -0.113. The van der Waals surface area contributed by atoms with Crippen LogP contribution in [0.2, 0.25) is 0 Å². The monoisotopic (exact) mass is 453 g/mol. The molecule has 0 unspecified atom stereocenters. The van der Waals surface area contributed by atoms with Crippen molar-refractivity contribution in [3.05, 3.63) is 35.2 Å². The second kappa shape index (κ2) is 8.47. The second-order valence-electron chi connectivity index (χ2n) is 6.28. The van der Waals surface area contributed by atoms with Crippen molar-refractivity contribution in [1.29, 1.82) is 0 Å². The van der Waals surface area contributed by atoms with Crippen molar-refractivity contribution in [2.45, 2.75) is 25.9 Å². The number of rotatable bonds is 7. The fourth-order valence-electron chi connectivity index (χ4n) is 2.43. The third kappa shape index (κ3) is 5.52. The summed E-state index contributed by atoms with van der Waals surface area (Å²) in [6.45, 7) is 5.88. The Hall–Kier alpha value is -2.51. The molecular weight excluding hydrogens is 434 g/mol. The first-order valence-corrected chi connectivity index (χ1v) is 12.1. The van der Waals surface area contributed by atoms with Gasteiger partial charge < -0.3 is 0 Å². The van der Waals surface area contributed by atoms with Gasteiger partial charge >= 0.3 is 0 Å². The highest BCUT2D eigenvalue weighted by atomic mass is 32.2. The average Bonchev–Trinajstić information content (AvgIpc) is 3.20. The average molecular weight is 454 g/mol. The van der Waals surface area contributed by atoms with E-state index in [1.165, 1.54) is 11.8 Å². The van der Waals surface area contributed by atoms with E-state index in [9.17, 15) is 13.2 Å². The van der Waals surface area contributed by atoms with Gasteiger partial charge in [-0.3, -0.25) is 19.4 Å². The van der Waals surface area contributed by atoms with Gasteiger partial charge in [0.25, 0.3) is 0 Å². The predicted octanol–water partition coefficient (Wildman–Crippen LogP) is 2.15. The number of aromatic nitrogens is 5. The van der Waals surface area contributed by atoms with Crippen LogP contribution in [0.1, 0.15) is 17.0 Å². The molecular formula is C16H19N7O3S3. The molecule has 154 valence electrons. The standard InChI is InChI=1S/C16H19N7O3S3/c1-9-5-6-10(2)12(7-9)23-11(3)18-21-16(23)27-8-13(24)17-14-19-20-15(28-14)22-29(4,25)26/h5-7H,8H2,1-4H3,(H,20,22)(H,17,19,24). The molecule has 0 spiro atoms. The van der Waals surface area contributed by atoms with Gasteiger partial charge in [0.2, 0.25) is 26.2 Å². The summed E-state index contributed by atoms with van der Waals surface area (Å²) >= 11 is 2.17. The second-order valence-corrected chi connectivity index (χ2v) is 9.95. The van der Waals surface area contributed by atoms with Gasteiger partial charge in [0.05, 0.1) is 17.7 Å². The summed E-state index contributed by atoms with van der Waals surface area (Å²) in [5, 5.41) is 19.2. The summed E-state index contributed by atoms with van der Waals surface area (Å²) in [5.74, 6) is 0.490. The number of aryl methyl sites for hydroxylation is 3. The van der Waals surface area contributed by atoms with Crippen LogP contribution in [0.25, 0.3) is 5.69 Å². The van der Waals surface area contributed by atoms with Gasteiger partial charge in [-0.15, -0.1) is 20.4 Å². The lowest BCUT2D eigenvalue weighted by Crippen LogP contribution is -2.14. The molecule has 2 N–H and O–H groups in total. The van der Waals surface area contributed by atoms with Crippen LogP contribution in [0.15, 0.2) is 23.4 Å². The van der Waals surface area contributed by atoms with Crippen LogP contribution in [0, 0.1) is 20.8 Å². The SMILES string of the molecule is Cc1ccc(C)c(-n2c(C)nnc2SCC(=O)Nc2nnc(NS(C)(=O)=O)s2)c1. The summed E-state index contributed by atoms with van der Waals surface area (Å²) in [6, 6.07) is 6.12. The van der Waals surface area contributed by atoms with Crippen LogP contribution in [-0.2, 0) is 14.8 Å². The fourth-order valence-corrected chi connectivity index (χ4v) is 4.71. The van der Waals surface area contributed by atoms with Crippen molar-refractivity contribution in [2.24, 2.45) is 0 Å². The van der Waals surface area contributed by atoms with Crippen molar-refractivity contribution in [3.63, 3.8) is 0 Å². The van der Waals surface area contributed by atoms with Gasteiger partial charge in [0, 0.05) is 0 Å². The quantitative estimate of drug-likeness (QED) is 0.520. The van der Waals surface area contributed by atoms with Crippen molar-refractivity contribution in [1.82, 2.24) is 25.0 Å². The highest BCUT2D eigenvalue weighted by Gasteiger charge is 2.16. The maximum absolute atomic E-state index is 12.3. The van der Waals surface area contributed by atoms with Crippen LogP contribution in [-0.4, -0.2) is 51.3 Å². The molecule has 0 radical (unpaired) electrons. The van der Waals surface area contributed by atoms with Crippen molar-refractivity contribution in [3.8, 4) is 5.69 Å². The molecule has 1 aromatic carbocycles. The fraction of sp³-hybridized carbons (Fsp3) is 0.312. The van der Waals surface area contributed by atoms with E-state index < -0.39 is 10.0 Å². The Bertz CT molecular complexity index is 1150. The number of carbonyl (C=O) groups is 1. The zero-order valence-electron chi connectivity index (χ0n) is 16.1. The van der Waals surface area contributed by atoms with E-state index in [2.05, 4.69) is 30.4 Å². The minimum atomic E-state index is -3.45. The highest BCUT2D eigenvalue weighted by molar-refractivity contribution is 7.99. The van der Waals surface area contributed by atoms with E-state index in [1.54, 1.807) is 0 Å². The maximum atomic E-state index is 12.3. The summed E-state index contributed by atoms with van der Waals surface area (Å²) in [5.41, 5.74) is 3.16. The normalized spacial score (nSPS) is 11.4. The molecule has 0 atom stereocenters. The number of nitrogens with one attached hydrogen (secondary N) is 2. The number of anilines is 2. The Morgan fingerprint density at radius 2 is 1.86 bits per heavy atom. The van der Waals surface area contributed by atoms with Crippen LogP contribution < -0.4 is 10.0 Å². The van der Waals surface area contributed by atoms with Gasteiger partial charge in [-0.05, 0) is 38.0 Å². The number of hydrogen-bond acceptors (Lipinski definition) is 9. The zero-order valence-corrected chi connectivity index (χ0v) is 18.6. The predicted molar refractivity (Wildman–Crippen MR) is 113 cm³/mol. The number of sulfonamides is 1. The van der Waals surface area contributed by atoms with Gasteiger partial charge in [0.1, 0.15) is 5.82 Å². The van der Waals surface area contributed by atoms with Crippen molar-refractivity contribution >= 4 is 49.3 Å². The molecule has 2 heterocycles. The lowest BCUT2D eigenvalue weighted by atomic mass is 10.1. The van der Waals surface area contributed by atoms with E-state index in [0.29, 0.717) is 5.16 Å². The third-order valence-corrected chi connectivity index (χ3v) is 6.05. The van der Waals surface area contributed by atoms with E-state index in [-0.39, 0.29) is 21.9 Å². The number of thioether (sulfide) groups is 1. The Morgan fingerprint density at radius 1 is 1.14 bits per heavy atom. The van der Waals surface area contributed by atoms with E-state index in [0.717, 1.165) is 40.2 Å². The first-order chi connectivity index (χ1) is 13.6. The molecule has 3 aromatic rings. The molecule has 3 rings (SSSR count). The molecule has 1 amide bonds. The highest BCUT2D eigenvalue weighted by Crippen LogP contribution is 2.25. The summed E-state index contributed by atoms with van der Waals surface area (Å²) in [4.78, 5) is 12.3. The Labute approximate surface area is 176 Å². The molecule has 0 aliphatic carbocycles. The van der Waals surface area contributed by atoms with Crippen LogP contribution in [0.5, 0.6) is 0 Å². The number of hydrogen-bond donors (Lipinski definition) is 2. The molecule has 0 bridgehead atoms. The Balaban J connectivity index is 1.68. The molecule has 0 aliphatic heterocycles. The van der Waals surface area contributed by atoms with E-state index in [1.807, 2.05) is 43.5 Å². The van der Waals surface area contributed by atoms with Gasteiger partial charge in [-0.2, -0.15) is 0 Å². The third-order valence-electron chi connectivity index (χ3n) is 3.68. The van der Waals surface area contributed by atoms with Crippen LogP contribution in [0.4, 0.5) is 10.3 Å². The van der Waals surface area contributed by atoms with Crippen molar-refractivity contribution in [2.75, 3.05) is 22.0 Å². The number of nitrogens with zero attached hydrogens (tertiary/aromatic N) is 5. The first-order valence-electron chi connectivity index (χ1n) is 8.36. The summed E-state index contributed by atoms with van der Waals surface area (Å²) < 4.78 is 26.5. The minimum absolute atomic E-state index is 0.0808. The summed E-state index contributed by atoms with van der Waals surface area (Å²) in [6.07, 6.45) is 1.01. The zero-order chi connectivity index (χ0) is 21.2. The van der Waals surface area contributed by atoms with Crippen LogP contribution >= 0.6 is 23.1 Å². The largest absolute Gasteiger partial charge is 0.300 e. The molecule has 13 heteroatoms. The number of benzene rings is 1. The topological polar surface area (TPSA) is 132 Å².